The SMILES string of the molecule is COCC1(CNC(=O)C2CC2c2ccccc2OC(F)(F)F)CCNCC1.Cl. The van der Waals surface area contributed by atoms with E-state index < -0.39 is 6.36 Å². The molecule has 0 spiro atoms. The van der Waals surface area contributed by atoms with Crippen LogP contribution in [0.15, 0.2) is 24.3 Å². The van der Waals surface area contributed by atoms with E-state index in [-0.39, 0.29) is 41.3 Å². The first-order chi connectivity index (χ1) is 12.8. The number of benzene rings is 1. The topological polar surface area (TPSA) is 59.6 Å². The summed E-state index contributed by atoms with van der Waals surface area (Å²) in [6.45, 7) is 2.86. The van der Waals surface area contributed by atoms with Gasteiger partial charge in [-0.15, -0.1) is 25.6 Å². The third-order valence-electron chi connectivity index (χ3n) is 5.42. The molecule has 2 N–H and O–H groups in total. The molecular formula is C19H26ClF3N2O3. The quantitative estimate of drug-likeness (QED) is 0.708. The molecule has 1 aliphatic carbocycles. The lowest BCUT2D eigenvalue weighted by Gasteiger charge is -2.37. The van der Waals surface area contributed by atoms with Crippen molar-refractivity contribution in [3.63, 3.8) is 0 Å². The van der Waals surface area contributed by atoms with Gasteiger partial charge in [0.05, 0.1) is 6.61 Å². The van der Waals surface area contributed by atoms with E-state index in [0.29, 0.717) is 25.1 Å². The number of hydrogen-bond donors (Lipinski definition) is 2. The van der Waals surface area contributed by atoms with Crippen LogP contribution in [0.3, 0.4) is 0 Å². The number of nitrogens with one attached hydrogen (secondary N) is 2. The van der Waals surface area contributed by atoms with Gasteiger partial charge in [-0.1, -0.05) is 18.2 Å². The Kier molecular flexibility index (Phi) is 7.59. The van der Waals surface area contributed by atoms with E-state index >= 15 is 0 Å². The third kappa shape index (κ3) is 5.75. The van der Waals surface area contributed by atoms with Crippen molar-refractivity contribution in [1.82, 2.24) is 10.6 Å². The van der Waals surface area contributed by atoms with Crippen LogP contribution in [0.1, 0.15) is 30.7 Å². The molecule has 5 nitrogen and oxygen atoms in total. The number of alkyl halides is 3. The molecular weight excluding hydrogens is 397 g/mol. The fourth-order valence-electron chi connectivity index (χ4n) is 3.87. The summed E-state index contributed by atoms with van der Waals surface area (Å²) in [6, 6.07) is 6.04. The van der Waals surface area contributed by atoms with E-state index in [1.165, 1.54) is 12.1 Å². The third-order valence-corrected chi connectivity index (χ3v) is 5.42. The average molecular weight is 423 g/mol. The van der Waals surface area contributed by atoms with E-state index in [0.717, 1.165) is 25.9 Å². The molecule has 1 saturated carbocycles. The van der Waals surface area contributed by atoms with Gasteiger partial charge in [0.25, 0.3) is 0 Å². The number of para-hydroxylation sites is 1. The minimum atomic E-state index is -4.75. The lowest BCUT2D eigenvalue weighted by atomic mass is 9.79. The molecule has 1 aromatic carbocycles. The number of carbonyl (C=O) groups is 1. The molecule has 2 unspecified atom stereocenters. The second kappa shape index (κ2) is 9.33. The van der Waals surface area contributed by atoms with E-state index in [9.17, 15) is 18.0 Å². The van der Waals surface area contributed by atoms with Gasteiger partial charge >= 0.3 is 6.36 Å². The summed E-state index contributed by atoms with van der Waals surface area (Å²) in [5, 5.41) is 6.30. The van der Waals surface area contributed by atoms with Crippen LogP contribution in [0, 0.1) is 11.3 Å². The van der Waals surface area contributed by atoms with Crippen molar-refractivity contribution in [3.8, 4) is 5.75 Å². The predicted molar refractivity (Wildman–Crippen MR) is 101 cm³/mol. The zero-order chi connectivity index (χ0) is 19.5. The minimum Gasteiger partial charge on any atom is -0.405 e. The van der Waals surface area contributed by atoms with Crippen molar-refractivity contribution < 1.29 is 27.4 Å². The van der Waals surface area contributed by atoms with Crippen molar-refractivity contribution in [2.75, 3.05) is 33.4 Å². The number of amides is 1. The molecule has 1 aliphatic heterocycles. The summed E-state index contributed by atoms with van der Waals surface area (Å²) >= 11 is 0. The van der Waals surface area contributed by atoms with E-state index in [1.54, 1.807) is 19.2 Å². The highest BCUT2D eigenvalue weighted by atomic mass is 35.5. The highest BCUT2D eigenvalue weighted by Crippen LogP contribution is 2.51. The summed E-state index contributed by atoms with van der Waals surface area (Å²) < 4.78 is 47.2. The standard InChI is InChI=1S/C19H25F3N2O3.ClH/c1-26-12-18(6-8-23-9-7-18)11-24-17(25)15-10-14(15)13-4-2-3-5-16(13)27-19(20,21)22;/h2-5,14-15,23H,6-12H2,1H3,(H,24,25);1H. The molecule has 0 bridgehead atoms. The molecule has 9 heteroatoms. The Morgan fingerprint density at radius 2 is 1.96 bits per heavy atom. The zero-order valence-electron chi connectivity index (χ0n) is 15.7. The van der Waals surface area contributed by atoms with Gasteiger partial charge in [-0.3, -0.25) is 4.79 Å². The molecule has 2 fully saturated rings. The maximum Gasteiger partial charge on any atom is 0.573 e. The average Bonchev–Trinajstić information content (AvgIpc) is 3.41. The molecule has 1 amide bonds. The second-order valence-corrected chi connectivity index (χ2v) is 7.44. The van der Waals surface area contributed by atoms with Gasteiger partial charge < -0.3 is 20.1 Å². The molecule has 0 aromatic heterocycles. The van der Waals surface area contributed by atoms with Crippen molar-refractivity contribution in [1.29, 1.82) is 0 Å². The van der Waals surface area contributed by atoms with E-state index in [1.807, 2.05) is 0 Å². The zero-order valence-corrected chi connectivity index (χ0v) is 16.5. The normalized spacial score (nSPS) is 23.4. The molecule has 3 rings (SSSR count). The van der Waals surface area contributed by atoms with Gasteiger partial charge in [0.2, 0.25) is 5.91 Å². The Bertz CT molecular complexity index is 661. The Morgan fingerprint density at radius 1 is 1.29 bits per heavy atom. The summed E-state index contributed by atoms with van der Waals surface area (Å²) in [7, 11) is 1.65. The Balaban J connectivity index is 0.00000280. The maximum atomic E-state index is 12.6. The van der Waals surface area contributed by atoms with E-state index in [2.05, 4.69) is 15.4 Å². The summed E-state index contributed by atoms with van der Waals surface area (Å²) in [6.07, 6.45) is -2.39. The van der Waals surface area contributed by atoms with Crippen LogP contribution in [0.25, 0.3) is 0 Å². The molecule has 158 valence electrons. The molecule has 2 aliphatic rings. The first kappa shape index (κ1) is 22.8. The first-order valence-corrected chi connectivity index (χ1v) is 9.16. The smallest absolute Gasteiger partial charge is 0.405 e. The molecule has 0 radical (unpaired) electrons. The van der Waals surface area contributed by atoms with Crippen LogP contribution >= 0.6 is 12.4 Å². The van der Waals surface area contributed by atoms with Crippen molar-refractivity contribution in [2.24, 2.45) is 11.3 Å². The van der Waals surface area contributed by atoms with Gasteiger partial charge in [-0.2, -0.15) is 0 Å². The fourth-order valence-corrected chi connectivity index (χ4v) is 3.87. The Morgan fingerprint density at radius 3 is 2.61 bits per heavy atom. The summed E-state index contributed by atoms with van der Waals surface area (Å²) in [5.41, 5.74) is 0.348. The van der Waals surface area contributed by atoms with Crippen LogP contribution in [-0.2, 0) is 9.53 Å². The van der Waals surface area contributed by atoms with Crippen LogP contribution in [0.5, 0.6) is 5.75 Å². The van der Waals surface area contributed by atoms with Gasteiger partial charge in [-0.05, 0) is 49.9 Å². The lowest BCUT2D eigenvalue weighted by Crippen LogP contribution is -2.47. The van der Waals surface area contributed by atoms with Crippen LogP contribution in [0.2, 0.25) is 0 Å². The Labute approximate surface area is 168 Å². The molecule has 28 heavy (non-hydrogen) atoms. The lowest BCUT2D eigenvalue weighted by molar-refractivity contribution is -0.274. The fraction of sp³-hybridized carbons (Fsp3) is 0.632. The predicted octanol–water partition coefficient (Wildman–Crippen LogP) is 3.24. The van der Waals surface area contributed by atoms with Crippen molar-refractivity contribution >= 4 is 18.3 Å². The highest BCUT2D eigenvalue weighted by molar-refractivity contribution is 5.85. The van der Waals surface area contributed by atoms with Crippen molar-refractivity contribution in [3.05, 3.63) is 29.8 Å². The summed E-state index contributed by atoms with van der Waals surface area (Å²) in [5.74, 6) is -0.894. The largest absolute Gasteiger partial charge is 0.573 e. The van der Waals surface area contributed by atoms with Crippen LogP contribution in [-0.4, -0.2) is 45.6 Å². The van der Waals surface area contributed by atoms with Gasteiger partial charge in [0.1, 0.15) is 5.75 Å². The monoisotopic (exact) mass is 422 g/mol. The molecule has 1 saturated heterocycles. The number of methoxy groups -OCH3 is 1. The maximum absolute atomic E-state index is 12.6. The minimum absolute atomic E-state index is 0. The first-order valence-electron chi connectivity index (χ1n) is 9.16. The molecule has 1 heterocycles. The van der Waals surface area contributed by atoms with E-state index in [4.69, 9.17) is 4.74 Å². The van der Waals surface area contributed by atoms with Gasteiger partial charge in [-0.25, -0.2) is 0 Å². The molecule has 2 atom stereocenters. The number of halogens is 4. The second-order valence-electron chi connectivity index (χ2n) is 7.44. The number of carbonyl (C=O) groups excluding carboxylic acids is 1. The van der Waals surface area contributed by atoms with Gasteiger partial charge in [0, 0.05) is 25.0 Å². The summed E-state index contributed by atoms with van der Waals surface area (Å²) in [4.78, 5) is 12.5. The van der Waals surface area contributed by atoms with Crippen LogP contribution < -0.4 is 15.4 Å². The number of piperidine rings is 1. The molecule has 1 aromatic rings. The number of ether oxygens (including phenoxy) is 2. The van der Waals surface area contributed by atoms with Gasteiger partial charge in [0.15, 0.2) is 0 Å². The number of hydrogen-bond acceptors (Lipinski definition) is 4. The van der Waals surface area contributed by atoms with Crippen LogP contribution in [0.4, 0.5) is 13.2 Å². The Hall–Kier alpha value is -1.51. The number of rotatable bonds is 7. The highest BCUT2D eigenvalue weighted by Gasteiger charge is 2.46. The van der Waals surface area contributed by atoms with Crippen molar-refractivity contribution in [2.45, 2.75) is 31.5 Å².